The van der Waals surface area contributed by atoms with Gasteiger partial charge in [0.25, 0.3) is 0 Å². The third-order valence-corrected chi connectivity index (χ3v) is 2.17. The second-order valence-corrected chi connectivity index (χ2v) is 3.23. The number of halogens is 1. The van der Waals surface area contributed by atoms with E-state index in [4.69, 9.17) is 21.7 Å². The molecule has 1 N–H and O–H groups in total. The van der Waals surface area contributed by atoms with Gasteiger partial charge in [0.1, 0.15) is 5.75 Å². The highest BCUT2D eigenvalue weighted by Gasteiger charge is 2.00. The van der Waals surface area contributed by atoms with Crippen molar-refractivity contribution < 1.29 is 9.47 Å². The molecule has 0 heterocycles. The van der Waals surface area contributed by atoms with Crippen molar-refractivity contribution in [3.63, 3.8) is 0 Å². The minimum absolute atomic E-state index is 0.0950. The average molecular weight is 214 g/mol. The molecular weight excluding hydrogens is 202 g/mol. The molecule has 0 aromatic heterocycles. The van der Waals surface area contributed by atoms with Crippen molar-refractivity contribution >= 4 is 17.5 Å². The van der Waals surface area contributed by atoms with Gasteiger partial charge < -0.3 is 9.47 Å². The number of methoxy groups -OCH3 is 1. The highest BCUT2D eigenvalue weighted by molar-refractivity contribution is 6.31. The van der Waals surface area contributed by atoms with Gasteiger partial charge in [-0.3, -0.25) is 5.41 Å². The Morgan fingerprint density at radius 2 is 2.21 bits per heavy atom. The van der Waals surface area contributed by atoms with Gasteiger partial charge in [-0.05, 0) is 30.7 Å². The topological polar surface area (TPSA) is 42.3 Å². The Kier molecular flexibility index (Phi) is 3.77. The Morgan fingerprint density at radius 3 is 2.79 bits per heavy atom. The number of hydrogen-bond donors (Lipinski definition) is 1. The van der Waals surface area contributed by atoms with Gasteiger partial charge in [0.2, 0.25) is 5.90 Å². The van der Waals surface area contributed by atoms with E-state index in [9.17, 15) is 0 Å². The number of rotatable bonds is 3. The molecule has 4 heteroatoms. The van der Waals surface area contributed by atoms with Crippen molar-refractivity contribution in [1.82, 2.24) is 0 Å². The lowest BCUT2D eigenvalue weighted by Crippen LogP contribution is -2.11. The molecule has 0 fully saturated rings. The number of aryl methyl sites for hydroxylation is 1. The van der Waals surface area contributed by atoms with Gasteiger partial charge in [-0.1, -0.05) is 11.6 Å². The van der Waals surface area contributed by atoms with Crippen LogP contribution in [-0.4, -0.2) is 19.6 Å². The highest BCUT2D eigenvalue weighted by Crippen LogP contribution is 2.20. The molecule has 0 aliphatic heterocycles. The van der Waals surface area contributed by atoms with Crippen LogP contribution in [0.2, 0.25) is 5.02 Å². The van der Waals surface area contributed by atoms with Gasteiger partial charge in [0.15, 0.2) is 6.61 Å². The molecule has 0 aliphatic carbocycles. The van der Waals surface area contributed by atoms with Crippen LogP contribution in [0.25, 0.3) is 0 Å². The monoisotopic (exact) mass is 213 g/mol. The maximum absolute atomic E-state index is 7.21. The zero-order valence-electron chi connectivity index (χ0n) is 8.13. The van der Waals surface area contributed by atoms with Crippen molar-refractivity contribution in [2.24, 2.45) is 0 Å². The van der Waals surface area contributed by atoms with E-state index in [1.807, 2.05) is 13.0 Å². The standard InChI is InChI=1S/C10H12ClNO2/c1-7-5-8(3-4-9(7)11)14-6-10(12)13-2/h3-5,12H,6H2,1-2H3. The highest BCUT2D eigenvalue weighted by atomic mass is 35.5. The molecule has 0 saturated carbocycles. The van der Waals surface area contributed by atoms with Crippen molar-refractivity contribution in [3.05, 3.63) is 28.8 Å². The lowest BCUT2D eigenvalue weighted by atomic mass is 10.2. The van der Waals surface area contributed by atoms with Gasteiger partial charge in [0.05, 0.1) is 7.11 Å². The van der Waals surface area contributed by atoms with E-state index in [0.717, 1.165) is 5.56 Å². The normalized spacial score (nSPS) is 9.64. The molecule has 1 aromatic carbocycles. The van der Waals surface area contributed by atoms with E-state index in [-0.39, 0.29) is 12.5 Å². The fourth-order valence-electron chi connectivity index (χ4n) is 0.915. The fraction of sp³-hybridized carbons (Fsp3) is 0.300. The maximum atomic E-state index is 7.21. The smallest absolute Gasteiger partial charge is 0.219 e. The molecule has 3 nitrogen and oxygen atoms in total. The summed E-state index contributed by atoms with van der Waals surface area (Å²) in [4.78, 5) is 0. The van der Waals surface area contributed by atoms with Crippen molar-refractivity contribution in [1.29, 1.82) is 5.41 Å². The van der Waals surface area contributed by atoms with Crippen LogP contribution in [0.15, 0.2) is 18.2 Å². The zero-order chi connectivity index (χ0) is 10.6. The van der Waals surface area contributed by atoms with Crippen molar-refractivity contribution in [2.75, 3.05) is 13.7 Å². The SMILES string of the molecule is COC(=N)COc1ccc(Cl)c(C)c1. The summed E-state index contributed by atoms with van der Waals surface area (Å²) >= 11 is 5.85. The number of hydrogen-bond acceptors (Lipinski definition) is 3. The molecule has 0 saturated heterocycles. The molecule has 0 spiro atoms. The van der Waals surface area contributed by atoms with Crippen LogP contribution in [0, 0.1) is 12.3 Å². The van der Waals surface area contributed by atoms with Crippen LogP contribution in [0.1, 0.15) is 5.56 Å². The van der Waals surface area contributed by atoms with Crippen LogP contribution < -0.4 is 4.74 Å². The summed E-state index contributed by atoms with van der Waals surface area (Å²) < 4.78 is 9.94. The Morgan fingerprint density at radius 1 is 1.50 bits per heavy atom. The lowest BCUT2D eigenvalue weighted by molar-refractivity contribution is 0.309. The van der Waals surface area contributed by atoms with E-state index < -0.39 is 0 Å². The average Bonchev–Trinajstić information content (AvgIpc) is 2.19. The summed E-state index contributed by atoms with van der Waals surface area (Å²) in [5.74, 6) is 0.784. The van der Waals surface area contributed by atoms with Gasteiger partial charge in [-0.15, -0.1) is 0 Å². The number of benzene rings is 1. The van der Waals surface area contributed by atoms with E-state index >= 15 is 0 Å². The summed E-state index contributed by atoms with van der Waals surface area (Å²) in [6.45, 7) is 2.04. The number of nitrogens with one attached hydrogen (secondary N) is 1. The largest absolute Gasteiger partial charge is 0.484 e. The van der Waals surface area contributed by atoms with E-state index in [2.05, 4.69) is 4.74 Å². The summed E-state index contributed by atoms with van der Waals surface area (Å²) in [6.07, 6.45) is 0. The fourth-order valence-corrected chi connectivity index (χ4v) is 1.03. The Bertz CT molecular complexity index is 339. The molecular formula is C10H12ClNO2. The predicted octanol–water partition coefficient (Wildman–Crippen LogP) is 2.65. The summed E-state index contributed by atoms with van der Waals surface area (Å²) in [5.41, 5.74) is 0.952. The first kappa shape index (κ1) is 10.9. The van der Waals surface area contributed by atoms with Crippen LogP contribution in [0.3, 0.4) is 0 Å². The summed E-state index contributed by atoms with van der Waals surface area (Å²) in [6, 6.07) is 5.35. The predicted molar refractivity (Wildman–Crippen MR) is 56.4 cm³/mol. The molecule has 0 atom stereocenters. The first-order valence-electron chi connectivity index (χ1n) is 4.14. The molecule has 1 aromatic rings. The molecule has 0 radical (unpaired) electrons. The second-order valence-electron chi connectivity index (χ2n) is 2.83. The minimum Gasteiger partial charge on any atom is -0.484 e. The minimum atomic E-state index is 0.0950. The number of ether oxygens (including phenoxy) is 2. The summed E-state index contributed by atoms with van der Waals surface area (Å²) in [7, 11) is 1.44. The molecule has 0 aliphatic rings. The Labute approximate surface area is 88.1 Å². The first-order valence-corrected chi connectivity index (χ1v) is 4.51. The van der Waals surface area contributed by atoms with E-state index in [1.165, 1.54) is 7.11 Å². The van der Waals surface area contributed by atoms with Gasteiger partial charge in [-0.25, -0.2) is 0 Å². The third kappa shape index (κ3) is 2.92. The maximum Gasteiger partial charge on any atom is 0.219 e. The quantitative estimate of drug-likeness (QED) is 0.620. The van der Waals surface area contributed by atoms with Crippen molar-refractivity contribution in [3.8, 4) is 5.75 Å². The van der Waals surface area contributed by atoms with Crippen LogP contribution >= 0.6 is 11.6 Å². The van der Waals surface area contributed by atoms with Crippen LogP contribution in [0.4, 0.5) is 0 Å². The van der Waals surface area contributed by atoms with E-state index in [1.54, 1.807) is 12.1 Å². The molecule has 1 rings (SSSR count). The van der Waals surface area contributed by atoms with Crippen molar-refractivity contribution in [2.45, 2.75) is 6.92 Å². The first-order chi connectivity index (χ1) is 6.63. The lowest BCUT2D eigenvalue weighted by Gasteiger charge is -2.07. The molecule has 0 bridgehead atoms. The molecule has 0 unspecified atom stereocenters. The van der Waals surface area contributed by atoms with Crippen LogP contribution in [-0.2, 0) is 4.74 Å². The third-order valence-electron chi connectivity index (χ3n) is 1.75. The van der Waals surface area contributed by atoms with Gasteiger partial charge in [-0.2, -0.15) is 0 Å². The van der Waals surface area contributed by atoms with E-state index in [0.29, 0.717) is 10.8 Å². The second kappa shape index (κ2) is 4.86. The Hall–Kier alpha value is -1.22. The van der Waals surface area contributed by atoms with Gasteiger partial charge >= 0.3 is 0 Å². The molecule has 76 valence electrons. The zero-order valence-corrected chi connectivity index (χ0v) is 8.89. The molecule has 14 heavy (non-hydrogen) atoms. The molecule has 0 amide bonds. The summed E-state index contributed by atoms with van der Waals surface area (Å²) in [5, 5.41) is 7.92. The Balaban J connectivity index is 2.60. The van der Waals surface area contributed by atoms with Gasteiger partial charge in [0, 0.05) is 5.02 Å². The van der Waals surface area contributed by atoms with Crippen LogP contribution in [0.5, 0.6) is 5.75 Å².